The van der Waals surface area contributed by atoms with Gasteiger partial charge in [-0.3, -0.25) is 9.59 Å². The molecule has 0 aromatic heterocycles. The van der Waals surface area contributed by atoms with Gasteiger partial charge in [0.1, 0.15) is 5.82 Å². The molecule has 0 unspecified atom stereocenters. The number of carbonyl (C=O) groups excluding carboxylic acids is 2. The standard InChI is InChI=1S/C13H10FNO4/c1-6-7(2)12(17)15(11(6)16)10-5-8(13(18)19)3-4-9(10)14/h3-5H,1-2H3,(H,18,19). The third-order valence-corrected chi connectivity index (χ3v) is 3.04. The van der Waals surface area contributed by atoms with Gasteiger partial charge in [0.25, 0.3) is 11.8 Å². The molecule has 98 valence electrons. The van der Waals surface area contributed by atoms with E-state index in [2.05, 4.69) is 0 Å². The van der Waals surface area contributed by atoms with Crippen molar-refractivity contribution in [3.8, 4) is 0 Å². The van der Waals surface area contributed by atoms with Crippen molar-refractivity contribution in [1.82, 2.24) is 0 Å². The summed E-state index contributed by atoms with van der Waals surface area (Å²) < 4.78 is 13.7. The zero-order chi connectivity index (χ0) is 14.3. The maximum atomic E-state index is 13.7. The fourth-order valence-corrected chi connectivity index (χ4v) is 1.78. The second kappa shape index (κ2) is 4.31. The summed E-state index contributed by atoms with van der Waals surface area (Å²) in [5.74, 6) is -3.36. The Kier molecular flexibility index (Phi) is 2.94. The van der Waals surface area contributed by atoms with Gasteiger partial charge in [0.15, 0.2) is 0 Å². The molecular formula is C13H10FNO4. The largest absolute Gasteiger partial charge is 0.478 e. The molecule has 1 aliphatic rings. The highest BCUT2D eigenvalue weighted by atomic mass is 19.1. The first-order valence-electron chi connectivity index (χ1n) is 5.43. The lowest BCUT2D eigenvalue weighted by Crippen LogP contribution is -2.32. The summed E-state index contributed by atoms with van der Waals surface area (Å²) in [6, 6.07) is 2.96. The second-order valence-corrected chi connectivity index (χ2v) is 4.17. The van der Waals surface area contributed by atoms with Gasteiger partial charge in [0.05, 0.1) is 11.3 Å². The van der Waals surface area contributed by atoms with Crippen LogP contribution in [0.25, 0.3) is 0 Å². The van der Waals surface area contributed by atoms with Crippen LogP contribution < -0.4 is 4.90 Å². The molecule has 1 aromatic carbocycles. The van der Waals surface area contributed by atoms with E-state index in [1.807, 2.05) is 0 Å². The predicted molar refractivity (Wildman–Crippen MR) is 64.2 cm³/mol. The first kappa shape index (κ1) is 12.9. The summed E-state index contributed by atoms with van der Waals surface area (Å²) in [6.07, 6.45) is 0. The van der Waals surface area contributed by atoms with E-state index in [-0.39, 0.29) is 22.4 Å². The number of amides is 2. The molecule has 1 heterocycles. The Balaban J connectivity index is 2.55. The first-order valence-corrected chi connectivity index (χ1v) is 5.43. The summed E-state index contributed by atoms with van der Waals surface area (Å²) in [5.41, 5.74) is -0.0828. The van der Waals surface area contributed by atoms with E-state index < -0.39 is 23.6 Å². The molecule has 1 N–H and O–H groups in total. The topological polar surface area (TPSA) is 74.7 Å². The maximum absolute atomic E-state index is 13.7. The summed E-state index contributed by atoms with van der Waals surface area (Å²) in [4.78, 5) is 35.3. The number of rotatable bonds is 2. The first-order chi connectivity index (χ1) is 8.84. The van der Waals surface area contributed by atoms with Gasteiger partial charge in [-0.15, -0.1) is 0 Å². The SMILES string of the molecule is CC1=C(C)C(=O)N(c2cc(C(=O)O)ccc2F)C1=O. The van der Waals surface area contributed by atoms with Crippen molar-refractivity contribution >= 4 is 23.5 Å². The zero-order valence-electron chi connectivity index (χ0n) is 10.2. The monoisotopic (exact) mass is 263 g/mol. The molecule has 19 heavy (non-hydrogen) atoms. The average molecular weight is 263 g/mol. The maximum Gasteiger partial charge on any atom is 0.335 e. The van der Waals surface area contributed by atoms with Crippen LogP contribution in [0.5, 0.6) is 0 Å². The number of carboxylic acids is 1. The molecule has 0 aliphatic carbocycles. The van der Waals surface area contributed by atoms with Crippen molar-refractivity contribution in [3.05, 3.63) is 40.7 Å². The van der Waals surface area contributed by atoms with Crippen molar-refractivity contribution in [2.75, 3.05) is 4.90 Å². The van der Waals surface area contributed by atoms with Crippen molar-refractivity contribution in [1.29, 1.82) is 0 Å². The van der Waals surface area contributed by atoms with Gasteiger partial charge >= 0.3 is 5.97 Å². The molecule has 0 atom stereocenters. The van der Waals surface area contributed by atoms with Gasteiger partial charge in [-0.05, 0) is 32.0 Å². The quantitative estimate of drug-likeness (QED) is 0.824. The van der Waals surface area contributed by atoms with Crippen molar-refractivity contribution in [2.45, 2.75) is 13.8 Å². The summed E-state index contributed by atoms with van der Waals surface area (Å²) in [5, 5.41) is 8.86. The average Bonchev–Trinajstić information content (AvgIpc) is 2.55. The lowest BCUT2D eigenvalue weighted by molar-refractivity contribution is -0.120. The third kappa shape index (κ3) is 1.91. The van der Waals surface area contributed by atoms with Gasteiger partial charge in [-0.2, -0.15) is 0 Å². The van der Waals surface area contributed by atoms with Crippen LogP contribution in [-0.4, -0.2) is 22.9 Å². The van der Waals surface area contributed by atoms with Crippen LogP contribution in [0.4, 0.5) is 10.1 Å². The number of carboxylic acid groups (broad SMARTS) is 1. The van der Waals surface area contributed by atoms with Gasteiger partial charge in [0, 0.05) is 11.1 Å². The Morgan fingerprint density at radius 1 is 1.16 bits per heavy atom. The molecule has 1 aliphatic heterocycles. The summed E-state index contributed by atoms with van der Waals surface area (Å²) in [6.45, 7) is 2.93. The molecule has 0 spiro atoms. The number of anilines is 1. The van der Waals surface area contributed by atoms with Gasteiger partial charge in [0.2, 0.25) is 0 Å². The number of hydrogen-bond donors (Lipinski definition) is 1. The predicted octanol–water partition coefficient (Wildman–Crippen LogP) is 1.73. The molecule has 2 rings (SSSR count). The fourth-order valence-electron chi connectivity index (χ4n) is 1.78. The van der Waals surface area contributed by atoms with Crippen molar-refractivity contribution in [3.63, 3.8) is 0 Å². The molecule has 0 saturated heterocycles. The minimum atomic E-state index is -1.26. The van der Waals surface area contributed by atoms with Crippen LogP contribution in [0.2, 0.25) is 0 Å². The molecule has 5 nitrogen and oxygen atoms in total. The highest BCUT2D eigenvalue weighted by Crippen LogP contribution is 2.29. The van der Waals surface area contributed by atoms with Crippen LogP contribution in [0, 0.1) is 5.82 Å². The molecule has 6 heteroatoms. The molecule has 1 aromatic rings. The number of halogens is 1. The van der Waals surface area contributed by atoms with Gasteiger partial charge < -0.3 is 5.11 Å². The molecule has 0 bridgehead atoms. The Morgan fingerprint density at radius 3 is 2.16 bits per heavy atom. The number of hydrogen-bond acceptors (Lipinski definition) is 3. The number of aromatic carboxylic acids is 1. The molecular weight excluding hydrogens is 253 g/mol. The van der Waals surface area contributed by atoms with E-state index in [1.165, 1.54) is 13.8 Å². The van der Waals surface area contributed by atoms with Crippen LogP contribution in [-0.2, 0) is 9.59 Å². The van der Waals surface area contributed by atoms with E-state index in [0.29, 0.717) is 4.90 Å². The fraction of sp³-hybridized carbons (Fsp3) is 0.154. The van der Waals surface area contributed by atoms with Crippen LogP contribution in [0.1, 0.15) is 24.2 Å². The third-order valence-electron chi connectivity index (χ3n) is 3.04. The number of benzene rings is 1. The van der Waals surface area contributed by atoms with E-state index in [4.69, 9.17) is 5.11 Å². The lowest BCUT2D eigenvalue weighted by atomic mass is 10.1. The molecule has 0 saturated carbocycles. The van der Waals surface area contributed by atoms with Crippen molar-refractivity contribution in [2.24, 2.45) is 0 Å². The minimum absolute atomic E-state index is 0.195. The zero-order valence-corrected chi connectivity index (χ0v) is 10.2. The van der Waals surface area contributed by atoms with Crippen LogP contribution in [0.15, 0.2) is 29.3 Å². The molecule has 2 amide bonds. The second-order valence-electron chi connectivity index (χ2n) is 4.17. The van der Waals surface area contributed by atoms with Crippen LogP contribution in [0.3, 0.4) is 0 Å². The highest BCUT2D eigenvalue weighted by Gasteiger charge is 2.36. The Labute approximate surface area is 107 Å². The van der Waals surface area contributed by atoms with Crippen molar-refractivity contribution < 1.29 is 23.9 Å². The minimum Gasteiger partial charge on any atom is -0.478 e. The van der Waals surface area contributed by atoms with E-state index in [0.717, 1.165) is 18.2 Å². The smallest absolute Gasteiger partial charge is 0.335 e. The number of imide groups is 1. The molecule has 0 fully saturated rings. The number of carbonyl (C=O) groups is 3. The van der Waals surface area contributed by atoms with E-state index in [9.17, 15) is 18.8 Å². The summed E-state index contributed by atoms with van der Waals surface area (Å²) >= 11 is 0. The lowest BCUT2D eigenvalue weighted by Gasteiger charge is -2.16. The normalized spacial score (nSPS) is 15.4. The summed E-state index contributed by atoms with van der Waals surface area (Å²) in [7, 11) is 0. The molecule has 0 radical (unpaired) electrons. The highest BCUT2D eigenvalue weighted by molar-refractivity contribution is 6.32. The van der Waals surface area contributed by atoms with Gasteiger partial charge in [-0.1, -0.05) is 0 Å². The number of nitrogens with zero attached hydrogens (tertiary/aromatic N) is 1. The van der Waals surface area contributed by atoms with Crippen LogP contribution >= 0.6 is 0 Å². The van der Waals surface area contributed by atoms with E-state index in [1.54, 1.807) is 0 Å². The Bertz CT molecular complexity index is 624. The Hall–Kier alpha value is -2.50. The van der Waals surface area contributed by atoms with E-state index >= 15 is 0 Å². The van der Waals surface area contributed by atoms with Gasteiger partial charge in [-0.25, -0.2) is 14.1 Å². The Morgan fingerprint density at radius 2 is 1.68 bits per heavy atom.